The Kier molecular flexibility index (Phi) is 9.30. The number of benzene rings is 2. The Labute approximate surface area is 176 Å². The molecule has 0 aromatic heterocycles. The molecule has 3 N–H and O–H groups in total. The van der Waals surface area contributed by atoms with Gasteiger partial charge in [0.1, 0.15) is 23.1 Å². The average Bonchev–Trinajstić information content (AvgIpc) is 2.72. The molecule has 0 bridgehead atoms. The van der Waals surface area contributed by atoms with Crippen LogP contribution >= 0.6 is 11.6 Å². The molecule has 2 aromatic carbocycles. The number of nitrogens with one attached hydrogen (secondary N) is 2. The molecule has 2 aromatic rings. The Bertz CT molecular complexity index is 852. The molecule has 2 amide bonds. The molecule has 0 aliphatic rings. The first-order chi connectivity index (χ1) is 14.3. The van der Waals surface area contributed by atoms with E-state index in [1.807, 2.05) is 0 Å². The van der Waals surface area contributed by atoms with Crippen LogP contribution in [0, 0.1) is 11.6 Å². The Morgan fingerprint density at radius 1 is 0.967 bits per heavy atom. The number of carbonyl (C=O) groups is 2. The molecule has 162 valence electrons. The van der Waals surface area contributed by atoms with Crippen molar-refractivity contribution in [2.24, 2.45) is 0 Å². The van der Waals surface area contributed by atoms with Crippen molar-refractivity contribution in [3.63, 3.8) is 0 Å². The Morgan fingerprint density at radius 3 is 2.23 bits per heavy atom. The molecule has 10 heteroatoms. The summed E-state index contributed by atoms with van der Waals surface area (Å²) >= 11 is 5.56. The van der Waals surface area contributed by atoms with Crippen LogP contribution in [0.15, 0.2) is 42.5 Å². The minimum Gasteiger partial charge on any atom is -0.484 e. The maximum Gasteiger partial charge on any atom is 0.258 e. The lowest BCUT2D eigenvalue weighted by atomic mass is 10.2. The van der Waals surface area contributed by atoms with Gasteiger partial charge in [-0.05, 0) is 42.8 Å². The molecule has 0 aliphatic carbocycles. The summed E-state index contributed by atoms with van der Waals surface area (Å²) < 4.78 is 36.4. The van der Waals surface area contributed by atoms with E-state index < -0.39 is 29.6 Å². The smallest absolute Gasteiger partial charge is 0.258 e. The molecular weight excluding hydrogens is 422 g/mol. The van der Waals surface area contributed by atoms with Crippen molar-refractivity contribution < 1.29 is 33.0 Å². The van der Waals surface area contributed by atoms with Crippen molar-refractivity contribution in [3.8, 4) is 11.5 Å². The molecule has 1 atom stereocenters. The van der Waals surface area contributed by atoms with E-state index in [2.05, 4.69) is 10.6 Å². The number of ether oxygens (including phenoxy) is 2. The van der Waals surface area contributed by atoms with Gasteiger partial charge in [-0.15, -0.1) is 0 Å². The summed E-state index contributed by atoms with van der Waals surface area (Å²) in [5, 5.41) is 14.8. The van der Waals surface area contributed by atoms with Gasteiger partial charge in [0.2, 0.25) is 0 Å². The van der Waals surface area contributed by atoms with Gasteiger partial charge in [0.15, 0.2) is 13.2 Å². The van der Waals surface area contributed by atoms with Gasteiger partial charge < -0.3 is 25.2 Å². The first-order valence-corrected chi connectivity index (χ1v) is 9.39. The second-order valence-electron chi connectivity index (χ2n) is 6.20. The number of rotatable bonds is 11. The zero-order valence-corrected chi connectivity index (χ0v) is 16.6. The van der Waals surface area contributed by atoms with Gasteiger partial charge >= 0.3 is 0 Å². The Balaban J connectivity index is 1.56. The van der Waals surface area contributed by atoms with E-state index in [0.29, 0.717) is 5.75 Å². The first-order valence-electron chi connectivity index (χ1n) is 9.01. The number of halogens is 3. The van der Waals surface area contributed by atoms with E-state index in [1.54, 1.807) is 0 Å². The summed E-state index contributed by atoms with van der Waals surface area (Å²) in [7, 11) is 0. The molecule has 0 radical (unpaired) electrons. The summed E-state index contributed by atoms with van der Waals surface area (Å²) in [6.45, 7) is -0.478. The standard InChI is InChI=1S/C20H21ClF2N2O5/c21-17-6-5-16(9-18(17)23)30-12-20(28)25-10-14(26)7-8-24-19(27)11-29-15-3-1-13(22)2-4-15/h1-6,9,14,26H,7-8,10-12H2,(H,24,27)(H,25,28)/t14-/m0/s1. The fraction of sp³-hybridized carbons (Fsp3) is 0.300. The molecule has 0 saturated heterocycles. The summed E-state index contributed by atoms with van der Waals surface area (Å²) in [5.41, 5.74) is 0. The fourth-order valence-corrected chi connectivity index (χ4v) is 2.33. The predicted octanol–water partition coefficient (Wildman–Crippen LogP) is 2.06. The molecule has 30 heavy (non-hydrogen) atoms. The quantitative estimate of drug-likeness (QED) is 0.495. The van der Waals surface area contributed by atoms with Crippen LogP contribution in [0.2, 0.25) is 5.02 Å². The Hall–Kier alpha value is -2.91. The molecule has 0 spiro atoms. The van der Waals surface area contributed by atoms with Gasteiger partial charge in [0, 0.05) is 19.2 Å². The summed E-state index contributed by atoms with van der Waals surface area (Å²) in [5.74, 6) is -1.45. The molecule has 7 nitrogen and oxygen atoms in total. The van der Waals surface area contributed by atoms with Crippen LogP contribution in [-0.2, 0) is 9.59 Å². The van der Waals surface area contributed by atoms with Crippen molar-refractivity contribution in [1.82, 2.24) is 10.6 Å². The second-order valence-corrected chi connectivity index (χ2v) is 6.61. The van der Waals surface area contributed by atoms with Crippen LogP contribution in [0.4, 0.5) is 8.78 Å². The highest BCUT2D eigenvalue weighted by Gasteiger charge is 2.10. The lowest BCUT2D eigenvalue weighted by Gasteiger charge is -2.13. The highest BCUT2D eigenvalue weighted by atomic mass is 35.5. The van der Waals surface area contributed by atoms with Crippen LogP contribution in [0.5, 0.6) is 11.5 Å². The van der Waals surface area contributed by atoms with Crippen LogP contribution in [-0.4, -0.2) is 49.3 Å². The summed E-state index contributed by atoms with van der Waals surface area (Å²) in [4.78, 5) is 23.4. The van der Waals surface area contributed by atoms with Gasteiger partial charge in [-0.2, -0.15) is 0 Å². The molecule has 0 fully saturated rings. The van der Waals surface area contributed by atoms with Crippen LogP contribution in [0.1, 0.15) is 6.42 Å². The predicted molar refractivity (Wildman–Crippen MR) is 105 cm³/mol. The lowest BCUT2D eigenvalue weighted by Crippen LogP contribution is -2.37. The highest BCUT2D eigenvalue weighted by Crippen LogP contribution is 2.20. The third-order valence-corrected chi connectivity index (χ3v) is 4.09. The highest BCUT2D eigenvalue weighted by molar-refractivity contribution is 6.30. The third kappa shape index (κ3) is 8.62. The molecule has 2 rings (SSSR count). The molecule has 0 saturated carbocycles. The normalized spacial score (nSPS) is 11.5. The van der Waals surface area contributed by atoms with Crippen molar-refractivity contribution in [3.05, 3.63) is 59.1 Å². The minimum atomic E-state index is -0.889. The maximum atomic E-state index is 13.3. The van der Waals surface area contributed by atoms with Crippen LogP contribution in [0.3, 0.4) is 0 Å². The topological polar surface area (TPSA) is 96.9 Å². The van der Waals surface area contributed by atoms with Gasteiger partial charge in [0.05, 0.1) is 11.1 Å². The van der Waals surface area contributed by atoms with E-state index in [0.717, 1.165) is 6.07 Å². The fourth-order valence-electron chi connectivity index (χ4n) is 2.21. The van der Waals surface area contributed by atoms with E-state index >= 15 is 0 Å². The largest absolute Gasteiger partial charge is 0.484 e. The zero-order valence-electron chi connectivity index (χ0n) is 15.9. The number of carbonyl (C=O) groups excluding carboxylic acids is 2. The van der Waals surface area contributed by atoms with Crippen molar-refractivity contribution >= 4 is 23.4 Å². The second kappa shape index (κ2) is 11.9. The van der Waals surface area contributed by atoms with Gasteiger partial charge in [-0.3, -0.25) is 9.59 Å². The molecule has 0 unspecified atom stereocenters. The number of amides is 2. The average molecular weight is 443 g/mol. The van der Waals surface area contributed by atoms with Gasteiger partial charge in [0.25, 0.3) is 11.8 Å². The van der Waals surface area contributed by atoms with E-state index in [1.165, 1.54) is 36.4 Å². The monoisotopic (exact) mass is 442 g/mol. The molecular formula is C20H21ClF2N2O5. The minimum absolute atomic E-state index is 0.0425. The van der Waals surface area contributed by atoms with Gasteiger partial charge in [-0.1, -0.05) is 11.6 Å². The Morgan fingerprint density at radius 2 is 1.57 bits per heavy atom. The molecule has 0 heterocycles. The van der Waals surface area contributed by atoms with E-state index in [-0.39, 0.29) is 43.5 Å². The number of aliphatic hydroxyl groups excluding tert-OH is 1. The van der Waals surface area contributed by atoms with Crippen LogP contribution in [0.25, 0.3) is 0 Å². The first kappa shape index (κ1) is 23.4. The van der Waals surface area contributed by atoms with Crippen molar-refractivity contribution in [2.45, 2.75) is 12.5 Å². The SMILES string of the molecule is O=C(COc1ccc(F)cc1)NCC[C@H](O)CNC(=O)COc1ccc(Cl)c(F)c1. The third-order valence-electron chi connectivity index (χ3n) is 3.78. The van der Waals surface area contributed by atoms with Gasteiger partial charge in [-0.25, -0.2) is 8.78 Å². The maximum absolute atomic E-state index is 13.3. The lowest BCUT2D eigenvalue weighted by molar-refractivity contribution is -0.124. The zero-order chi connectivity index (χ0) is 21.9. The summed E-state index contributed by atoms with van der Waals surface area (Å²) in [6, 6.07) is 9.05. The van der Waals surface area contributed by atoms with E-state index in [4.69, 9.17) is 21.1 Å². The number of hydrogen-bond donors (Lipinski definition) is 3. The van der Waals surface area contributed by atoms with Crippen molar-refractivity contribution in [2.75, 3.05) is 26.3 Å². The number of aliphatic hydroxyl groups is 1. The number of hydrogen-bond acceptors (Lipinski definition) is 5. The summed E-state index contributed by atoms with van der Waals surface area (Å²) in [6.07, 6.45) is -0.688. The van der Waals surface area contributed by atoms with Crippen molar-refractivity contribution in [1.29, 1.82) is 0 Å². The molecule has 0 aliphatic heterocycles. The van der Waals surface area contributed by atoms with E-state index in [9.17, 15) is 23.5 Å². The van der Waals surface area contributed by atoms with Crippen LogP contribution < -0.4 is 20.1 Å².